The van der Waals surface area contributed by atoms with Crippen LogP contribution in [-0.2, 0) is 6.54 Å². The van der Waals surface area contributed by atoms with E-state index < -0.39 is 0 Å². The molecular formula is C23H27N5O. The van der Waals surface area contributed by atoms with Gasteiger partial charge in [0.2, 0.25) is 0 Å². The number of benzene rings is 2. The van der Waals surface area contributed by atoms with E-state index in [0.717, 1.165) is 35.5 Å². The van der Waals surface area contributed by atoms with Gasteiger partial charge in [-0.2, -0.15) is 0 Å². The summed E-state index contributed by atoms with van der Waals surface area (Å²) in [5.41, 5.74) is 3.80. The molecule has 3 aromatic rings. The van der Waals surface area contributed by atoms with E-state index in [4.69, 9.17) is 0 Å². The van der Waals surface area contributed by atoms with Crippen LogP contribution in [0.15, 0.2) is 54.9 Å². The molecule has 1 heterocycles. The van der Waals surface area contributed by atoms with Crippen LogP contribution in [0, 0.1) is 0 Å². The highest BCUT2D eigenvalue weighted by Gasteiger charge is 2.19. The molecule has 1 aliphatic rings. The third-order valence-electron chi connectivity index (χ3n) is 5.65. The molecule has 0 radical (unpaired) electrons. The van der Waals surface area contributed by atoms with Crippen LogP contribution in [0.25, 0.3) is 11.1 Å². The molecule has 0 atom stereocenters. The summed E-state index contributed by atoms with van der Waals surface area (Å²) in [5.74, 6) is 0.723. The molecule has 1 aromatic heterocycles. The number of nitrogens with zero attached hydrogens (tertiary/aromatic N) is 3. The maximum atomic E-state index is 12.7. The van der Waals surface area contributed by atoms with Crippen molar-refractivity contribution in [1.82, 2.24) is 20.1 Å². The zero-order valence-corrected chi connectivity index (χ0v) is 16.8. The van der Waals surface area contributed by atoms with Gasteiger partial charge < -0.3 is 15.2 Å². The maximum Gasteiger partial charge on any atom is 0.251 e. The van der Waals surface area contributed by atoms with E-state index in [1.807, 2.05) is 43.4 Å². The van der Waals surface area contributed by atoms with Crippen LogP contribution < -0.4 is 10.6 Å². The van der Waals surface area contributed by atoms with Gasteiger partial charge in [0.25, 0.3) is 5.91 Å². The minimum atomic E-state index is -0.100. The second kappa shape index (κ2) is 8.90. The van der Waals surface area contributed by atoms with Crippen molar-refractivity contribution in [3.05, 3.63) is 66.2 Å². The van der Waals surface area contributed by atoms with Crippen LogP contribution in [0.5, 0.6) is 0 Å². The number of carbonyl (C=O) groups excluding carboxylic acids is 1. The smallest absolute Gasteiger partial charge is 0.251 e. The fourth-order valence-electron chi connectivity index (χ4n) is 3.99. The predicted molar refractivity (Wildman–Crippen MR) is 115 cm³/mol. The van der Waals surface area contributed by atoms with Crippen LogP contribution in [0.2, 0.25) is 0 Å². The summed E-state index contributed by atoms with van der Waals surface area (Å²) in [6.45, 7) is 0.385. The molecule has 0 saturated heterocycles. The van der Waals surface area contributed by atoms with Crippen molar-refractivity contribution in [1.29, 1.82) is 0 Å². The Labute approximate surface area is 171 Å². The van der Waals surface area contributed by atoms with Crippen LogP contribution >= 0.6 is 0 Å². The van der Waals surface area contributed by atoms with E-state index in [2.05, 4.69) is 37.5 Å². The fraction of sp³-hybridized carbons (Fsp3) is 0.348. The van der Waals surface area contributed by atoms with Crippen LogP contribution in [0.1, 0.15) is 54.3 Å². The van der Waals surface area contributed by atoms with Crippen molar-refractivity contribution in [2.45, 2.75) is 44.7 Å². The zero-order chi connectivity index (χ0) is 20.1. The molecule has 0 spiro atoms. The Bertz CT molecular complexity index is 957. The van der Waals surface area contributed by atoms with E-state index in [-0.39, 0.29) is 5.91 Å². The van der Waals surface area contributed by atoms with Crippen molar-refractivity contribution >= 4 is 11.6 Å². The zero-order valence-electron chi connectivity index (χ0n) is 16.8. The molecular weight excluding hydrogens is 362 g/mol. The normalized spacial score (nSPS) is 14.5. The largest absolute Gasteiger partial charge is 0.388 e. The lowest BCUT2D eigenvalue weighted by atomic mass is 9.95. The van der Waals surface area contributed by atoms with Crippen LogP contribution in [0.3, 0.4) is 0 Å². The number of carbonyl (C=O) groups is 1. The Morgan fingerprint density at radius 1 is 1.07 bits per heavy atom. The Morgan fingerprint density at radius 2 is 1.86 bits per heavy atom. The van der Waals surface area contributed by atoms with Crippen molar-refractivity contribution in [3.8, 4) is 11.1 Å². The first-order valence-corrected chi connectivity index (χ1v) is 10.3. The van der Waals surface area contributed by atoms with Gasteiger partial charge in [0.1, 0.15) is 6.33 Å². The molecule has 1 saturated carbocycles. The van der Waals surface area contributed by atoms with E-state index in [1.54, 1.807) is 6.33 Å². The lowest BCUT2D eigenvalue weighted by molar-refractivity contribution is 0.0949. The van der Waals surface area contributed by atoms with Gasteiger partial charge in [-0.3, -0.25) is 4.79 Å². The number of anilines is 1. The third-order valence-corrected chi connectivity index (χ3v) is 5.65. The monoisotopic (exact) mass is 389 g/mol. The average Bonchev–Trinajstić information content (AvgIpc) is 3.27. The Hall–Kier alpha value is -3.15. The summed E-state index contributed by atoms with van der Waals surface area (Å²) < 4.78 is 2.14. The number of rotatable bonds is 6. The highest BCUT2D eigenvalue weighted by atomic mass is 16.1. The summed E-state index contributed by atoms with van der Waals surface area (Å²) in [4.78, 5) is 12.7. The SMILES string of the molecule is CNc1ccc(-c2cccc(C(=O)NCc3nncn3C3CCCCC3)c2)cc1. The summed E-state index contributed by atoms with van der Waals surface area (Å²) in [6.07, 6.45) is 7.92. The van der Waals surface area contributed by atoms with Crippen LogP contribution in [0.4, 0.5) is 5.69 Å². The number of nitrogens with one attached hydrogen (secondary N) is 2. The summed E-state index contributed by atoms with van der Waals surface area (Å²) in [7, 11) is 1.90. The molecule has 150 valence electrons. The van der Waals surface area contributed by atoms with E-state index >= 15 is 0 Å². The van der Waals surface area contributed by atoms with E-state index in [9.17, 15) is 4.79 Å². The first kappa shape index (κ1) is 19.2. The second-order valence-electron chi connectivity index (χ2n) is 7.54. The summed E-state index contributed by atoms with van der Waals surface area (Å²) in [5, 5.41) is 14.4. The second-order valence-corrected chi connectivity index (χ2v) is 7.54. The molecule has 4 rings (SSSR count). The highest BCUT2D eigenvalue weighted by molar-refractivity contribution is 5.95. The molecule has 2 N–H and O–H groups in total. The number of hydrogen-bond donors (Lipinski definition) is 2. The highest BCUT2D eigenvalue weighted by Crippen LogP contribution is 2.28. The van der Waals surface area contributed by atoms with Gasteiger partial charge >= 0.3 is 0 Å². The van der Waals surface area contributed by atoms with Gasteiger partial charge in [-0.25, -0.2) is 0 Å². The molecule has 0 bridgehead atoms. The number of aromatic nitrogens is 3. The molecule has 2 aromatic carbocycles. The molecule has 1 aliphatic carbocycles. The Morgan fingerprint density at radius 3 is 2.62 bits per heavy atom. The first-order valence-electron chi connectivity index (χ1n) is 10.3. The molecule has 1 fully saturated rings. The van der Waals surface area contributed by atoms with Crippen LogP contribution in [-0.4, -0.2) is 27.7 Å². The molecule has 0 unspecified atom stereocenters. The lowest BCUT2D eigenvalue weighted by Gasteiger charge is -2.24. The number of hydrogen-bond acceptors (Lipinski definition) is 4. The van der Waals surface area contributed by atoms with E-state index in [1.165, 1.54) is 19.3 Å². The van der Waals surface area contributed by atoms with Gasteiger partial charge in [0, 0.05) is 24.3 Å². The topological polar surface area (TPSA) is 71.8 Å². The minimum Gasteiger partial charge on any atom is -0.388 e. The summed E-state index contributed by atoms with van der Waals surface area (Å²) in [6, 6.07) is 16.3. The standard InChI is InChI=1S/C23H27N5O/c1-24-20-12-10-17(11-13-20)18-6-5-7-19(14-18)23(29)25-15-22-27-26-16-28(22)21-8-3-2-4-9-21/h5-7,10-14,16,21,24H,2-4,8-9,15H2,1H3,(H,25,29). The molecule has 1 amide bonds. The summed E-state index contributed by atoms with van der Waals surface area (Å²) >= 11 is 0. The molecule has 29 heavy (non-hydrogen) atoms. The predicted octanol–water partition coefficient (Wildman–Crippen LogP) is 4.42. The minimum absolute atomic E-state index is 0.100. The molecule has 6 heteroatoms. The molecule has 6 nitrogen and oxygen atoms in total. The Balaban J connectivity index is 1.43. The van der Waals surface area contributed by atoms with Crippen molar-refractivity contribution in [2.24, 2.45) is 0 Å². The quantitative estimate of drug-likeness (QED) is 0.654. The fourth-order valence-corrected chi connectivity index (χ4v) is 3.99. The van der Waals surface area contributed by atoms with Gasteiger partial charge in [-0.15, -0.1) is 10.2 Å². The average molecular weight is 390 g/mol. The first-order chi connectivity index (χ1) is 14.2. The maximum absolute atomic E-state index is 12.7. The van der Waals surface area contributed by atoms with Gasteiger partial charge in [-0.1, -0.05) is 43.5 Å². The Kier molecular flexibility index (Phi) is 5.89. The lowest BCUT2D eigenvalue weighted by Crippen LogP contribution is -2.26. The van der Waals surface area contributed by atoms with E-state index in [0.29, 0.717) is 18.2 Å². The van der Waals surface area contributed by atoms with Crippen molar-refractivity contribution in [3.63, 3.8) is 0 Å². The van der Waals surface area contributed by atoms with Gasteiger partial charge in [-0.05, 0) is 48.2 Å². The van der Waals surface area contributed by atoms with Crippen molar-refractivity contribution < 1.29 is 4.79 Å². The molecule has 0 aliphatic heterocycles. The van der Waals surface area contributed by atoms with Gasteiger partial charge in [0.15, 0.2) is 5.82 Å². The van der Waals surface area contributed by atoms with Gasteiger partial charge in [0.05, 0.1) is 6.54 Å². The van der Waals surface area contributed by atoms with Crippen molar-refractivity contribution in [2.75, 3.05) is 12.4 Å². The third kappa shape index (κ3) is 4.47. The number of amides is 1.